The van der Waals surface area contributed by atoms with E-state index < -0.39 is 11.8 Å². The van der Waals surface area contributed by atoms with Crippen LogP contribution in [0, 0.1) is 0 Å². The average Bonchev–Trinajstić information content (AvgIpc) is 3.00. The first-order valence-corrected chi connectivity index (χ1v) is 12.3. The quantitative estimate of drug-likeness (QED) is 0.209. The number of ketones is 1. The summed E-state index contributed by atoms with van der Waals surface area (Å²) in [4.78, 5) is 42.9. The van der Waals surface area contributed by atoms with Gasteiger partial charge < -0.3 is 20.1 Å². The van der Waals surface area contributed by atoms with Crippen molar-refractivity contribution in [2.75, 3.05) is 19.5 Å². The summed E-state index contributed by atoms with van der Waals surface area (Å²) in [6, 6.07) is 23.8. The summed E-state index contributed by atoms with van der Waals surface area (Å²) >= 11 is 0. The number of amides is 2. The Morgan fingerprint density at radius 2 is 1.60 bits per heavy atom. The van der Waals surface area contributed by atoms with Crippen LogP contribution in [-0.4, -0.2) is 36.8 Å². The average molecular weight is 534 g/mol. The number of nitrogens with one attached hydrogen (secondary N) is 2. The lowest BCUT2D eigenvalue weighted by Crippen LogP contribution is -2.30. The fraction of sp³-hybridized carbons (Fsp3) is 0.0625. The largest absolute Gasteiger partial charge is 0.497 e. The summed E-state index contributed by atoms with van der Waals surface area (Å²) in [6.07, 6.45) is 7.98. The molecule has 0 bridgehead atoms. The van der Waals surface area contributed by atoms with Crippen molar-refractivity contribution in [2.45, 2.75) is 0 Å². The molecule has 40 heavy (non-hydrogen) atoms. The van der Waals surface area contributed by atoms with Crippen molar-refractivity contribution in [3.8, 4) is 11.5 Å². The van der Waals surface area contributed by atoms with Crippen LogP contribution < -0.4 is 20.1 Å². The van der Waals surface area contributed by atoms with Gasteiger partial charge in [-0.1, -0.05) is 24.3 Å². The molecule has 2 amide bonds. The van der Waals surface area contributed by atoms with Gasteiger partial charge in [-0.2, -0.15) is 0 Å². The summed E-state index contributed by atoms with van der Waals surface area (Å²) in [5, 5.41) is 5.48. The van der Waals surface area contributed by atoms with E-state index in [1.54, 1.807) is 97.3 Å². The first kappa shape index (κ1) is 27.5. The van der Waals surface area contributed by atoms with E-state index in [-0.39, 0.29) is 11.5 Å². The Hall–Kier alpha value is -5.50. The van der Waals surface area contributed by atoms with E-state index in [0.29, 0.717) is 33.9 Å². The number of nitrogens with zero attached hydrogens (tertiary/aromatic N) is 1. The van der Waals surface area contributed by atoms with Crippen molar-refractivity contribution < 1.29 is 23.9 Å². The maximum Gasteiger partial charge on any atom is 0.272 e. The van der Waals surface area contributed by atoms with Crippen LogP contribution in [0.2, 0.25) is 0 Å². The number of pyridine rings is 1. The molecule has 4 rings (SSSR count). The van der Waals surface area contributed by atoms with Gasteiger partial charge in [-0.05, 0) is 84.5 Å². The Morgan fingerprint density at radius 1 is 0.825 bits per heavy atom. The van der Waals surface area contributed by atoms with Crippen molar-refractivity contribution in [1.82, 2.24) is 10.3 Å². The highest BCUT2D eigenvalue weighted by Gasteiger charge is 2.17. The number of hydrogen-bond acceptors (Lipinski definition) is 6. The van der Waals surface area contributed by atoms with Gasteiger partial charge in [0, 0.05) is 34.8 Å². The number of benzene rings is 3. The van der Waals surface area contributed by atoms with Gasteiger partial charge in [-0.15, -0.1) is 0 Å². The number of rotatable bonds is 10. The zero-order valence-corrected chi connectivity index (χ0v) is 22.0. The number of methoxy groups -OCH3 is 2. The maximum absolute atomic E-state index is 13.4. The summed E-state index contributed by atoms with van der Waals surface area (Å²) in [5.41, 5.74) is 2.61. The number of hydrogen-bond donors (Lipinski definition) is 2. The van der Waals surface area contributed by atoms with E-state index in [0.717, 1.165) is 5.56 Å². The molecule has 0 unspecified atom stereocenters. The van der Waals surface area contributed by atoms with Crippen LogP contribution >= 0.6 is 0 Å². The third-order valence-electron chi connectivity index (χ3n) is 5.80. The topological polar surface area (TPSA) is 107 Å². The molecular formula is C32H27N3O5. The summed E-state index contributed by atoms with van der Waals surface area (Å²) in [7, 11) is 3.04. The van der Waals surface area contributed by atoms with Crippen LogP contribution in [-0.2, 0) is 4.79 Å². The van der Waals surface area contributed by atoms with E-state index in [4.69, 9.17) is 9.47 Å². The van der Waals surface area contributed by atoms with E-state index in [1.807, 2.05) is 6.07 Å². The summed E-state index contributed by atoms with van der Waals surface area (Å²) in [6.45, 7) is 0. The van der Waals surface area contributed by atoms with E-state index in [9.17, 15) is 14.4 Å². The molecule has 0 spiro atoms. The smallest absolute Gasteiger partial charge is 0.272 e. The normalized spacial score (nSPS) is 11.1. The Morgan fingerprint density at radius 3 is 2.27 bits per heavy atom. The van der Waals surface area contributed by atoms with Gasteiger partial charge in [0.25, 0.3) is 11.8 Å². The molecule has 0 aliphatic rings. The van der Waals surface area contributed by atoms with Crippen molar-refractivity contribution in [3.63, 3.8) is 0 Å². The SMILES string of the molecule is COc1ccc(OC)c(/C=C(\NC(=O)c2ccccc2)C(=O)Nc2ccc(C(=O)/C=C/c3cccnc3)cc2)c1. The number of aromatic nitrogens is 1. The van der Waals surface area contributed by atoms with Gasteiger partial charge in [0.1, 0.15) is 17.2 Å². The zero-order chi connectivity index (χ0) is 28.3. The second kappa shape index (κ2) is 13.3. The van der Waals surface area contributed by atoms with Crippen LogP contribution in [0.4, 0.5) is 5.69 Å². The lowest BCUT2D eigenvalue weighted by Gasteiger charge is -2.13. The molecule has 4 aromatic rings. The Labute approximate surface area is 232 Å². The van der Waals surface area contributed by atoms with Gasteiger partial charge in [-0.25, -0.2) is 0 Å². The first-order valence-electron chi connectivity index (χ1n) is 12.3. The van der Waals surface area contributed by atoms with Gasteiger partial charge in [0.2, 0.25) is 0 Å². The van der Waals surface area contributed by atoms with E-state index >= 15 is 0 Å². The number of anilines is 1. The molecule has 8 heteroatoms. The molecule has 0 saturated heterocycles. The van der Waals surface area contributed by atoms with Gasteiger partial charge in [-0.3, -0.25) is 19.4 Å². The predicted molar refractivity (Wildman–Crippen MR) is 154 cm³/mol. The highest BCUT2D eigenvalue weighted by molar-refractivity contribution is 6.11. The molecule has 0 saturated carbocycles. The monoisotopic (exact) mass is 533 g/mol. The second-order valence-corrected chi connectivity index (χ2v) is 8.50. The fourth-order valence-electron chi connectivity index (χ4n) is 3.71. The second-order valence-electron chi connectivity index (χ2n) is 8.50. The van der Waals surface area contributed by atoms with Crippen LogP contribution in [0.1, 0.15) is 31.8 Å². The molecule has 0 radical (unpaired) electrons. The number of carbonyl (C=O) groups excluding carboxylic acids is 3. The molecule has 0 aliphatic heterocycles. The molecular weight excluding hydrogens is 506 g/mol. The fourth-order valence-corrected chi connectivity index (χ4v) is 3.71. The molecule has 200 valence electrons. The molecule has 1 heterocycles. The van der Waals surface area contributed by atoms with Gasteiger partial charge in [0.05, 0.1) is 14.2 Å². The molecule has 8 nitrogen and oxygen atoms in total. The molecule has 2 N–H and O–H groups in total. The highest BCUT2D eigenvalue weighted by atomic mass is 16.5. The van der Waals surface area contributed by atoms with Crippen molar-refractivity contribution in [2.24, 2.45) is 0 Å². The standard InChI is InChI=1S/C32H27N3O5/c1-39-27-15-17-30(40-2)25(19-27)20-28(35-31(37)24-8-4-3-5-9-24)32(38)34-26-13-11-23(12-14-26)29(36)16-10-22-7-6-18-33-21-22/h3-21H,1-2H3,(H,34,38)(H,35,37)/b16-10+,28-20-. The van der Waals surface area contributed by atoms with Crippen molar-refractivity contribution in [1.29, 1.82) is 0 Å². The Bertz CT molecular complexity index is 1550. The Kier molecular flexibility index (Phi) is 9.18. The first-order chi connectivity index (χ1) is 19.5. The van der Waals surface area contributed by atoms with Crippen LogP contribution in [0.25, 0.3) is 12.2 Å². The van der Waals surface area contributed by atoms with Crippen molar-refractivity contribution >= 4 is 35.4 Å². The van der Waals surface area contributed by atoms with Gasteiger partial charge in [0.15, 0.2) is 5.78 Å². The minimum atomic E-state index is -0.565. The molecule has 0 fully saturated rings. The summed E-state index contributed by atoms with van der Waals surface area (Å²) in [5.74, 6) is -0.168. The Balaban J connectivity index is 1.56. The van der Waals surface area contributed by atoms with Crippen LogP contribution in [0.5, 0.6) is 11.5 Å². The lowest BCUT2D eigenvalue weighted by molar-refractivity contribution is -0.113. The van der Waals surface area contributed by atoms with Crippen LogP contribution in [0.15, 0.2) is 109 Å². The van der Waals surface area contributed by atoms with Gasteiger partial charge >= 0.3 is 0 Å². The zero-order valence-electron chi connectivity index (χ0n) is 22.0. The summed E-state index contributed by atoms with van der Waals surface area (Å²) < 4.78 is 10.7. The van der Waals surface area contributed by atoms with Crippen LogP contribution in [0.3, 0.4) is 0 Å². The highest BCUT2D eigenvalue weighted by Crippen LogP contribution is 2.26. The minimum Gasteiger partial charge on any atom is -0.497 e. The predicted octanol–water partition coefficient (Wildman–Crippen LogP) is 5.40. The number of allylic oxidation sites excluding steroid dienone is 1. The number of ether oxygens (including phenoxy) is 2. The maximum atomic E-state index is 13.4. The van der Waals surface area contributed by atoms with E-state index in [1.165, 1.54) is 26.4 Å². The van der Waals surface area contributed by atoms with E-state index in [2.05, 4.69) is 15.6 Å². The molecule has 3 aromatic carbocycles. The minimum absolute atomic E-state index is 0.0139. The lowest BCUT2D eigenvalue weighted by atomic mass is 10.1. The molecule has 0 aliphatic carbocycles. The third-order valence-corrected chi connectivity index (χ3v) is 5.80. The molecule has 1 aromatic heterocycles. The number of carbonyl (C=O) groups is 3. The van der Waals surface area contributed by atoms with Crippen molar-refractivity contribution in [3.05, 3.63) is 131 Å². The third kappa shape index (κ3) is 7.29. The molecule has 0 atom stereocenters.